The van der Waals surface area contributed by atoms with Crippen molar-refractivity contribution in [2.45, 2.75) is 57.9 Å². The van der Waals surface area contributed by atoms with Crippen molar-refractivity contribution in [1.29, 1.82) is 0 Å². The molecule has 0 bridgehead atoms. The Kier molecular flexibility index (Phi) is 4.46. The third-order valence-electron chi connectivity index (χ3n) is 5.43. The lowest BCUT2D eigenvalue weighted by Gasteiger charge is -2.41. The molecule has 2 aliphatic rings. The summed E-state index contributed by atoms with van der Waals surface area (Å²) >= 11 is 6.30. The maximum absolute atomic E-state index is 6.30. The summed E-state index contributed by atoms with van der Waals surface area (Å²) in [4.78, 5) is 0. The summed E-state index contributed by atoms with van der Waals surface area (Å²) in [6.45, 7) is 3.24. The standard InChI is InChI=1S/C18H26ClNO/c1-18(7-4-3-5-8-18)16(20-2)12-14-11-15(19)10-13-6-9-21-17(13)14/h10-11,16,20H,3-9,12H2,1-2H3. The van der Waals surface area contributed by atoms with Gasteiger partial charge < -0.3 is 10.1 Å². The average molecular weight is 308 g/mol. The van der Waals surface area contributed by atoms with Gasteiger partial charge in [0.1, 0.15) is 5.75 Å². The first kappa shape index (κ1) is 15.2. The lowest BCUT2D eigenvalue weighted by atomic mass is 9.69. The van der Waals surface area contributed by atoms with Crippen LogP contribution < -0.4 is 10.1 Å². The summed E-state index contributed by atoms with van der Waals surface area (Å²) in [6, 6.07) is 4.65. The molecular formula is C18H26ClNO. The SMILES string of the molecule is CNC(Cc1cc(Cl)cc2c1OCC2)C1(C)CCCCC1. The molecule has 1 saturated carbocycles. The molecule has 116 valence electrons. The first-order chi connectivity index (χ1) is 10.1. The van der Waals surface area contributed by atoms with Gasteiger partial charge in [-0.05, 0) is 55.0 Å². The zero-order valence-electron chi connectivity index (χ0n) is 13.2. The van der Waals surface area contributed by atoms with Crippen LogP contribution >= 0.6 is 11.6 Å². The van der Waals surface area contributed by atoms with Crippen LogP contribution in [-0.2, 0) is 12.8 Å². The van der Waals surface area contributed by atoms with Crippen LogP contribution in [-0.4, -0.2) is 19.7 Å². The van der Waals surface area contributed by atoms with E-state index in [1.54, 1.807) is 0 Å². The molecule has 1 N–H and O–H groups in total. The maximum atomic E-state index is 6.30. The van der Waals surface area contributed by atoms with Gasteiger partial charge in [-0.1, -0.05) is 37.8 Å². The quantitative estimate of drug-likeness (QED) is 0.891. The van der Waals surface area contributed by atoms with Crippen molar-refractivity contribution < 1.29 is 4.74 Å². The first-order valence-electron chi connectivity index (χ1n) is 8.24. The molecule has 1 aromatic carbocycles. The van der Waals surface area contributed by atoms with Crippen molar-refractivity contribution in [3.63, 3.8) is 0 Å². The van der Waals surface area contributed by atoms with Crippen LogP contribution in [0.25, 0.3) is 0 Å². The van der Waals surface area contributed by atoms with Gasteiger partial charge in [-0.3, -0.25) is 0 Å². The zero-order chi connectivity index (χ0) is 14.9. The molecule has 2 nitrogen and oxygen atoms in total. The third-order valence-corrected chi connectivity index (χ3v) is 5.65. The van der Waals surface area contributed by atoms with Crippen molar-refractivity contribution in [1.82, 2.24) is 5.32 Å². The highest BCUT2D eigenvalue weighted by Gasteiger charge is 2.35. The van der Waals surface area contributed by atoms with Crippen LogP contribution in [0.2, 0.25) is 5.02 Å². The lowest BCUT2D eigenvalue weighted by Crippen LogP contribution is -2.44. The van der Waals surface area contributed by atoms with Crippen LogP contribution in [0.3, 0.4) is 0 Å². The molecule has 3 rings (SSSR count). The molecule has 1 fully saturated rings. The number of likely N-dealkylation sites (N-methyl/N-ethyl adjacent to an activating group) is 1. The minimum atomic E-state index is 0.390. The van der Waals surface area contributed by atoms with E-state index in [9.17, 15) is 0 Å². The van der Waals surface area contributed by atoms with E-state index in [2.05, 4.69) is 31.4 Å². The van der Waals surface area contributed by atoms with Gasteiger partial charge in [0.05, 0.1) is 6.61 Å². The maximum Gasteiger partial charge on any atom is 0.125 e. The smallest absolute Gasteiger partial charge is 0.125 e. The number of hydrogen-bond acceptors (Lipinski definition) is 2. The third kappa shape index (κ3) is 3.07. The highest BCUT2D eigenvalue weighted by Crippen LogP contribution is 2.41. The molecule has 0 amide bonds. The van der Waals surface area contributed by atoms with Crippen LogP contribution in [0.4, 0.5) is 0 Å². The van der Waals surface area contributed by atoms with Gasteiger partial charge in [0, 0.05) is 17.5 Å². The highest BCUT2D eigenvalue weighted by atomic mass is 35.5. The summed E-state index contributed by atoms with van der Waals surface area (Å²) < 4.78 is 5.86. The molecule has 1 aliphatic heterocycles. The van der Waals surface area contributed by atoms with Gasteiger partial charge in [-0.15, -0.1) is 0 Å². The Hall–Kier alpha value is -0.730. The molecule has 0 aromatic heterocycles. The molecular weight excluding hydrogens is 282 g/mol. The number of benzene rings is 1. The molecule has 21 heavy (non-hydrogen) atoms. The van der Waals surface area contributed by atoms with Crippen LogP contribution in [0.1, 0.15) is 50.2 Å². The van der Waals surface area contributed by atoms with Crippen LogP contribution in [0.15, 0.2) is 12.1 Å². The molecule has 1 aromatic rings. The van der Waals surface area contributed by atoms with Crippen LogP contribution in [0, 0.1) is 5.41 Å². The second-order valence-electron chi connectivity index (χ2n) is 6.91. The van der Waals surface area contributed by atoms with Crippen molar-refractivity contribution >= 4 is 11.6 Å². The second kappa shape index (κ2) is 6.18. The van der Waals surface area contributed by atoms with E-state index in [1.165, 1.54) is 43.2 Å². The lowest BCUT2D eigenvalue weighted by molar-refractivity contribution is 0.148. The Morgan fingerprint density at radius 1 is 1.29 bits per heavy atom. The summed E-state index contributed by atoms with van der Waals surface area (Å²) in [5.74, 6) is 1.10. The minimum absolute atomic E-state index is 0.390. The summed E-state index contributed by atoms with van der Waals surface area (Å²) in [7, 11) is 2.09. The number of rotatable bonds is 4. The molecule has 1 aliphatic carbocycles. The fraction of sp³-hybridized carbons (Fsp3) is 0.667. The van der Waals surface area contributed by atoms with Crippen molar-refractivity contribution in [3.8, 4) is 5.75 Å². The first-order valence-corrected chi connectivity index (χ1v) is 8.61. The molecule has 0 saturated heterocycles. The largest absolute Gasteiger partial charge is 0.493 e. The highest BCUT2D eigenvalue weighted by molar-refractivity contribution is 6.30. The van der Waals surface area contributed by atoms with Crippen molar-refractivity contribution in [3.05, 3.63) is 28.3 Å². The fourth-order valence-corrected chi connectivity index (χ4v) is 4.39. The van der Waals surface area contributed by atoms with Crippen LogP contribution in [0.5, 0.6) is 5.75 Å². The van der Waals surface area contributed by atoms with Crippen molar-refractivity contribution in [2.75, 3.05) is 13.7 Å². The van der Waals surface area contributed by atoms with Gasteiger partial charge in [0.25, 0.3) is 0 Å². The minimum Gasteiger partial charge on any atom is -0.493 e. The summed E-state index contributed by atoms with van der Waals surface area (Å²) in [6.07, 6.45) is 8.75. The van der Waals surface area contributed by atoms with E-state index >= 15 is 0 Å². The number of fused-ring (bicyclic) bond motifs is 1. The summed E-state index contributed by atoms with van der Waals surface area (Å²) in [5.41, 5.74) is 2.95. The molecule has 0 spiro atoms. The second-order valence-corrected chi connectivity index (χ2v) is 7.35. The van der Waals surface area contributed by atoms with Gasteiger partial charge in [0.15, 0.2) is 0 Å². The Labute approximate surface area is 133 Å². The van der Waals surface area contributed by atoms with E-state index in [0.717, 1.165) is 30.2 Å². The van der Waals surface area contributed by atoms with Gasteiger partial charge in [-0.2, -0.15) is 0 Å². The molecule has 0 radical (unpaired) electrons. The molecule has 1 atom stereocenters. The Morgan fingerprint density at radius 2 is 2.05 bits per heavy atom. The average Bonchev–Trinajstić information content (AvgIpc) is 2.93. The fourth-order valence-electron chi connectivity index (χ4n) is 4.12. The zero-order valence-corrected chi connectivity index (χ0v) is 13.9. The predicted octanol–water partition coefficient (Wildman–Crippen LogP) is 4.38. The summed E-state index contributed by atoms with van der Waals surface area (Å²) in [5, 5.41) is 4.42. The van der Waals surface area contributed by atoms with Gasteiger partial charge in [0.2, 0.25) is 0 Å². The van der Waals surface area contributed by atoms with E-state index in [4.69, 9.17) is 16.3 Å². The Balaban J connectivity index is 1.84. The Morgan fingerprint density at radius 3 is 2.76 bits per heavy atom. The molecule has 1 heterocycles. The number of ether oxygens (including phenoxy) is 1. The number of nitrogens with one attached hydrogen (secondary N) is 1. The van der Waals surface area contributed by atoms with Gasteiger partial charge >= 0.3 is 0 Å². The van der Waals surface area contributed by atoms with Crippen molar-refractivity contribution in [2.24, 2.45) is 5.41 Å². The van der Waals surface area contributed by atoms with Gasteiger partial charge in [-0.25, -0.2) is 0 Å². The predicted molar refractivity (Wildman–Crippen MR) is 88.4 cm³/mol. The Bertz CT molecular complexity index is 508. The number of halogens is 1. The topological polar surface area (TPSA) is 21.3 Å². The van der Waals surface area contributed by atoms with E-state index in [-0.39, 0.29) is 0 Å². The van der Waals surface area contributed by atoms with E-state index in [0.29, 0.717) is 11.5 Å². The van der Waals surface area contributed by atoms with E-state index in [1.807, 2.05) is 0 Å². The monoisotopic (exact) mass is 307 g/mol. The van der Waals surface area contributed by atoms with E-state index < -0.39 is 0 Å². The number of hydrogen-bond donors (Lipinski definition) is 1. The molecule has 3 heteroatoms. The molecule has 1 unspecified atom stereocenters. The normalized spacial score (nSPS) is 21.7.